The Labute approximate surface area is 353 Å². The molecule has 1 fully saturated rings. The second-order valence-corrected chi connectivity index (χ2v) is 18.7. The number of benzene rings is 1. The molecule has 1 aliphatic heterocycles. The van der Waals surface area contributed by atoms with E-state index in [1.807, 2.05) is 65.3 Å². The molecular formula is C42H73N7O9S. The molecule has 1 aromatic rings. The van der Waals surface area contributed by atoms with E-state index in [0.29, 0.717) is 37.9 Å². The second-order valence-electron chi connectivity index (χ2n) is 16.9. The molecule has 9 atom stereocenters. The molecule has 0 aliphatic carbocycles. The molecule has 5 N–H and O–H groups in total. The van der Waals surface area contributed by atoms with E-state index >= 15 is 0 Å². The molecule has 59 heavy (non-hydrogen) atoms. The van der Waals surface area contributed by atoms with E-state index < -0.39 is 75.9 Å². The van der Waals surface area contributed by atoms with E-state index in [-0.39, 0.29) is 41.9 Å². The minimum absolute atomic E-state index is 0.0186. The van der Waals surface area contributed by atoms with Crippen LogP contribution in [0.4, 0.5) is 0 Å². The lowest BCUT2D eigenvalue weighted by Crippen LogP contribution is -2.59. The van der Waals surface area contributed by atoms with Crippen molar-refractivity contribution in [3.05, 3.63) is 35.4 Å². The van der Waals surface area contributed by atoms with Gasteiger partial charge in [-0.05, 0) is 62.7 Å². The highest BCUT2D eigenvalue weighted by Gasteiger charge is 2.43. The average molecular weight is 852 g/mol. The summed E-state index contributed by atoms with van der Waals surface area (Å²) in [5.41, 5.74) is 6.93. The van der Waals surface area contributed by atoms with Gasteiger partial charge in [-0.2, -0.15) is 0 Å². The molecule has 1 unspecified atom stereocenters. The van der Waals surface area contributed by atoms with Crippen molar-refractivity contribution in [1.82, 2.24) is 30.1 Å². The zero-order chi connectivity index (χ0) is 44.9. The van der Waals surface area contributed by atoms with Crippen LogP contribution >= 0.6 is 0 Å². The third kappa shape index (κ3) is 14.2. The Morgan fingerprint density at radius 1 is 0.864 bits per heavy atom. The third-order valence-corrected chi connectivity index (χ3v) is 12.8. The third-order valence-electron chi connectivity index (χ3n) is 11.6. The first kappa shape index (κ1) is 51.5. The lowest BCUT2D eigenvalue weighted by molar-refractivity contribution is -0.148. The van der Waals surface area contributed by atoms with Crippen molar-refractivity contribution in [2.45, 2.75) is 136 Å². The molecule has 2 rings (SSSR count). The van der Waals surface area contributed by atoms with E-state index in [9.17, 15) is 32.4 Å². The van der Waals surface area contributed by atoms with Gasteiger partial charge in [0, 0.05) is 34.4 Å². The van der Waals surface area contributed by atoms with E-state index in [4.69, 9.17) is 15.2 Å². The molecule has 336 valence electrons. The summed E-state index contributed by atoms with van der Waals surface area (Å²) in [6, 6.07) is 3.28. The molecule has 1 aliphatic rings. The lowest BCUT2D eigenvalue weighted by Gasteiger charge is -2.41. The Kier molecular flexibility index (Phi) is 20.4. The zero-order valence-electron chi connectivity index (χ0n) is 37.6. The molecule has 0 bridgehead atoms. The summed E-state index contributed by atoms with van der Waals surface area (Å²) in [5, 5.41) is 5.62. The van der Waals surface area contributed by atoms with Crippen LogP contribution in [-0.4, -0.2) is 137 Å². The highest BCUT2D eigenvalue weighted by Crippen LogP contribution is 2.30. The lowest BCUT2D eigenvalue weighted by atomic mass is 9.89. The molecule has 1 aromatic carbocycles. The van der Waals surface area contributed by atoms with Gasteiger partial charge in [-0.15, -0.1) is 0 Å². The molecule has 1 heterocycles. The van der Waals surface area contributed by atoms with Gasteiger partial charge in [0.2, 0.25) is 33.7 Å². The highest BCUT2D eigenvalue weighted by atomic mass is 32.2. The maximum absolute atomic E-state index is 14.2. The Bertz CT molecular complexity index is 1650. The van der Waals surface area contributed by atoms with Crippen LogP contribution < -0.4 is 21.1 Å². The summed E-state index contributed by atoms with van der Waals surface area (Å²) in [6.07, 6.45) is 0.438. The fraction of sp³-hybridized carbons (Fsp3) is 0.738. The zero-order valence-corrected chi connectivity index (χ0v) is 38.4. The number of rotatable bonds is 23. The van der Waals surface area contributed by atoms with Gasteiger partial charge < -0.3 is 35.6 Å². The minimum atomic E-state index is -4.06. The van der Waals surface area contributed by atoms with Gasteiger partial charge >= 0.3 is 0 Å². The van der Waals surface area contributed by atoms with Crippen molar-refractivity contribution in [1.29, 1.82) is 0 Å². The Hall–Kier alpha value is -3.64. The van der Waals surface area contributed by atoms with Crippen molar-refractivity contribution in [3.63, 3.8) is 0 Å². The van der Waals surface area contributed by atoms with Crippen LogP contribution in [-0.2, 0) is 55.8 Å². The molecule has 0 aromatic heterocycles. The summed E-state index contributed by atoms with van der Waals surface area (Å²) in [4.78, 5) is 73.5. The van der Waals surface area contributed by atoms with Crippen molar-refractivity contribution in [2.75, 3.05) is 41.9 Å². The number of hydrogen-bond acceptors (Lipinski definition) is 11. The van der Waals surface area contributed by atoms with Crippen molar-refractivity contribution in [3.8, 4) is 0 Å². The van der Waals surface area contributed by atoms with Crippen LogP contribution in [0.3, 0.4) is 0 Å². The van der Waals surface area contributed by atoms with E-state index in [2.05, 4.69) is 10.6 Å². The Morgan fingerprint density at radius 3 is 1.95 bits per heavy atom. The normalized spacial score (nSPS) is 18.7. The van der Waals surface area contributed by atoms with Gasteiger partial charge in [0.25, 0.3) is 5.91 Å². The molecule has 17 heteroatoms. The molecule has 0 saturated carbocycles. The number of hydrogen-bond donors (Lipinski definition) is 4. The molecular weight excluding hydrogens is 779 g/mol. The number of methoxy groups -OCH3 is 2. The number of likely N-dealkylation sites (tertiary alicyclic amines) is 1. The van der Waals surface area contributed by atoms with E-state index in [1.165, 1.54) is 21.1 Å². The first-order valence-corrected chi connectivity index (χ1v) is 22.4. The standard InChI is InChI=1S/C42H73N7O9S/c1-14-27(6)37(48(11)42(54)35(25(2)3)45-41(53)36(26(4)5)47(9)10)33(57-12)22-34(50)49-21-15-16-32(49)38(58-13)28(7)39(51)44-29(8)40(52)46-59(55,56)24-31-19-17-30(23-43)18-20-31/h17-20,25-29,32-33,35-38H,14-16,21-24,43H2,1-13H3,(H,44,51)(H,45,53)(H,46,52)/t27-,28+,29-,32-,33+,35-,36-,37?,38+/m0/s1. The minimum Gasteiger partial charge on any atom is -0.379 e. The van der Waals surface area contributed by atoms with E-state index in [0.717, 1.165) is 5.56 Å². The van der Waals surface area contributed by atoms with Gasteiger partial charge in [-0.1, -0.05) is 79.2 Å². The predicted molar refractivity (Wildman–Crippen MR) is 228 cm³/mol. The number of nitrogens with two attached hydrogens (primary N) is 1. The highest BCUT2D eigenvalue weighted by molar-refractivity contribution is 7.89. The average Bonchev–Trinajstić information content (AvgIpc) is 3.65. The SMILES string of the molecule is CC[C@H](C)C([C@@H](CC(=O)N1CCC[C@H]1[C@H](OC)[C@@H](C)C(=O)N[C@@H](C)C(=O)NS(=O)(=O)Cc1ccc(CN)cc1)OC)N(C)C(=O)[C@@H](NC(=O)[C@H](C(C)C)N(C)C)C(C)C. The fourth-order valence-electron chi connectivity index (χ4n) is 8.09. The van der Waals surface area contributed by atoms with Crippen molar-refractivity contribution >= 4 is 39.6 Å². The number of sulfonamides is 1. The van der Waals surface area contributed by atoms with E-state index in [1.54, 1.807) is 48.0 Å². The number of likely N-dealkylation sites (N-methyl/N-ethyl adjacent to an activating group) is 2. The number of carbonyl (C=O) groups is 5. The largest absolute Gasteiger partial charge is 0.379 e. The van der Waals surface area contributed by atoms with Crippen LogP contribution in [0.2, 0.25) is 0 Å². The van der Waals surface area contributed by atoms with Crippen LogP contribution in [0.15, 0.2) is 24.3 Å². The smallest absolute Gasteiger partial charge is 0.255 e. The molecule has 0 radical (unpaired) electrons. The van der Waals surface area contributed by atoms with Crippen molar-refractivity contribution in [2.24, 2.45) is 29.4 Å². The van der Waals surface area contributed by atoms with Gasteiger partial charge in [-0.3, -0.25) is 33.6 Å². The van der Waals surface area contributed by atoms with Gasteiger partial charge in [-0.25, -0.2) is 8.42 Å². The maximum atomic E-state index is 14.2. The van der Waals surface area contributed by atoms with Gasteiger partial charge in [0.05, 0.1) is 48.4 Å². The number of nitrogens with zero attached hydrogens (tertiary/aromatic N) is 3. The number of carbonyl (C=O) groups excluding carboxylic acids is 5. The number of nitrogens with one attached hydrogen (secondary N) is 3. The maximum Gasteiger partial charge on any atom is 0.255 e. The summed E-state index contributed by atoms with van der Waals surface area (Å²) in [7, 11) is 4.28. The van der Waals surface area contributed by atoms with Crippen molar-refractivity contribution < 1.29 is 41.9 Å². The summed E-state index contributed by atoms with van der Waals surface area (Å²) in [6.45, 7) is 15.5. The number of ether oxygens (including phenoxy) is 2. The fourth-order valence-corrected chi connectivity index (χ4v) is 9.28. The summed E-state index contributed by atoms with van der Waals surface area (Å²) >= 11 is 0. The Balaban J connectivity index is 2.20. The van der Waals surface area contributed by atoms with Gasteiger partial charge in [0.15, 0.2) is 0 Å². The first-order valence-electron chi connectivity index (χ1n) is 20.8. The predicted octanol–water partition coefficient (Wildman–Crippen LogP) is 2.24. The molecule has 5 amide bonds. The first-order chi connectivity index (χ1) is 27.5. The second kappa shape index (κ2) is 23.4. The van der Waals surface area contributed by atoms with Crippen LogP contribution in [0.5, 0.6) is 0 Å². The topological polar surface area (TPSA) is 210 Å². The monoisotopic (exact) mass is 852 g/mol. The van der Waals surface area contributed by atoms with Crippen LogP contribution in [0.1, 0.15) is 92.2 Å². The molecule has 16 nitrogen and oxygen atoms in total. The summed E-state index contributed by atoms with van der Waals surface area (Å²) in [5.74, 6) is -3.69. The Morgan fingerprint density at radius 2 is 1.46 bits per heavy atom. The quantitative estimate of drug-likeness (QED) is 0.126. The summed E-state index contributed by atoms with van der Waals surface area (Å²) < 4.78 is 39.4. The van der Waals surface area contributed by atoms with Crippen LogP contribution in [0, 0.1) is 23.7 Å². The molecule has 1 saturated heterocycles. The van der Waals surface area contributed by atoms with Gasteiger partial charge in [0.1, 0.15) is 12.1 Å². The molecule has 0 spiro atoms. The number of amides is 5. The van der Waals surface area contributed by atoms with Crippen LogP contribution in [0.25, 0.3) is 0 Å².